The number of aromatic amines is 1. The van der Waals surface area contributed by atoms with E-state index in [2.05, 4.69) is 21.4 Å². The highest BCUT2D eigenvalue weighted by Gasteiger charge is 2.28. The van der Waals surface area contributed by atoms with Crippen LogP contribution < -0.4 is 9.62 Å². The smallest absolute Gasteiger partial charge is 0.250 e. The molecular weight excluding hydrogens is 456 g/mol. The summed E-state index contributed by atoms with van der Waals surface area (Å²) in [6.45, 7) is 2.52. The zero-order chi connectivity index (χ0) is 23.0. The number of nitrogens with one attached hydrogen (secondary N) is 2. The van der Waals surface area contributed by atoms with E-state index >= 15 is 0 Å². The van der Waals surface area contributed by atoms with E-state index in [0.717, 1.165) is 33.4 Å². The molecule has 9 heteroatoms. The Kier molecular flexibility index (Phi) is 5.51. The van der Waals surface area contributed by atoms with Crippen molar-refractivity contribution in [3.05, 3.63) is 71.2 Å². The molecule has 33 heavy (non-hydrogen) atoms. The monoisotopic (exact) mass is 478 g/mol. The molecule has 5 rings (SSSR count). The first-order chi connectivity index (χ1) is 15.9. The van der Waals surface area contributed by atoms with Crippen molar-refractivity contribution in [2.45, 2.75) is 13.3 Å². The van der Waals surface area contributed by atoms with Crippen molar-refractivity contribution >= 4 is 55.1 Å². The van der Waals surface area contributed by atoms with Gasteiger partial charge in [-0.1, -0.05) is 30.3 Å². The van der Waals surface area contributed by atoms with E-state index in [1.165, 1.54) is 21.7 Å². The molecule has 2 aromatic carbocycles. The second-order valence-corrected chi connectivity index (χ2v) is 10.7. The van der Waals surface area contributed by atoms with Gasteiger partial charge in [0.2, 0.25) is 15.9 Å². The van der Waals surface area contributed by atoms with E-state index in [-0.39, 0.29) is 11.7 Å². The van der Waals surface area contributed by atoms with E-state index in [0.29, 0.717) is 23.8 Å². The van der Waals surface area contributed by atoms with Gasteiger partial charge in [-0.2, -0.15) is 0 Å². The van der Waals surface area contributed by atoms with Gasteiger partial charge in [-0.05, 0) is 43.2 Å². The molecule has 1 aliphatic rings. The average Bonchev–Trinajstić information content (AvgIpc) is 3.48. The lowest BCUT2D eigenvalue weighted by molar-refractivity contribution is -0.111. The Balaban J connectivity index is 1.26. The number of aromatic nitrogens is 2. The number of nitrogens with zero attached hydrogens (tertiary/aromatic N) is 2. The summed E-state index contributed by atoms with van der Waals surface area (Å²) in [6.07, 6.45) is 3.78. The number of carbonyl (C=O) groups excluding carboxylic acids is 1. The van der Waals surface area contributed by atoms with Gasteiger partial charge in [0.25, 0.3) is 0 Å². The fraction of sp³-hybridized carbons (Fsp3) is 0.167. The molecule has 0 saturated carbocycles. The van der Waals surface area contributed by atoms with Crippen LogP contribution in [0.1, 0.15) is 17.7 Å². The fourth-order valence-electron chi connectivity index (χ4n) is 4.05. The number of H-pyrrole nitrogens is 1. The Hall–Kier alpha value is -3.43. The van der Waals surface area contributed by atoms with Crippen LogP contribution in [0.2, 0.25) is 0 Å². The molecule has 1 amide bonds. The van der Waals surface area contributed by atoms with Gasteiger partial charge in [0, 0.05) is 40.2 Å². The summed E-state index contributed by atoms with van der Waals surface area (Å²) < 4.78 is 25.5. The van der Waals surface area contributed by atoms with Gasteiger partial charge in [-0.3, -0.25) is 14.4 Å². The summed E-state index contributed by atoms with van der Waals surface area (Å²) in [5.41, 5.74) is 5.40. The van der Waals surface area contributed by atoms with Gasteiger partial charge < -0.3 is 4.98 Å². The standard InChI is InChI=1S/C24H22N4O3S2/c1-16-23(19-5-2-3-6-20(19)25-16)21-15-32-24(26-21)27-22(29)12-9-17-7-10-18(11-8-17)28-13-4-14-33(28,30)31/h2-3,5-12,15,25H,4,13-14H2,1H3,(H,26,27,29)/b12-9+. The quantitative estimate of drug-likeness (QED) is 0.403. The largest absolute Gasteiger partial charge is 0.358 e. The first-order valence-electron chi connectivity index (χ1n) is 10.5. The van der Waals surface area contributed by atoms with E-state index in [1.807, 2.05) is 30.5 Å². The minimum Gasteiger partial charge on any atom is -0.358 e. The zero-order valence-electron chi connectivity index (χ0n) is 17.9. The Morgan fingerprint density at radius 3 is 2.73 bits per heavy atom. The lowest BCUT2D eigenvalue weighted by Gasteiger charge is -2.16. The topological polar surface area (TPSA) is 95.2 Å². The number of benzene rings is 2. The van der Waals surface area contributed by atoms with Gasteiger partial charge in [0.1, 0.15) is 0 Å². The van der Waals surface area contributed by atoms with Crippen molar-refractivity contribution in [2.75, 3.05) is 21.9 Å². The van der Waals surface area contributed by atoms with Gasteiger partial charge in [-0.25, -0.2) is 13.4 Å². The number of thiazole rings is 1. The van der Waals surface area contributed by atoms with Crippen LogP contribution in [-0.2, 0) is 14.8 Å². The van der Waals surface area contributed by atoms with Gasteiger partial charge in [0.15, 0.2) is 5.13 Å². The maximum absolute atomic E-state index is 12.4. The fourth-order valence-corrected chi connectivity index (χ4v) is 6.32. The number of carbonyl (C=O) groups is 1. The lowest BCUT2D eigenvalue weighted by atomic mass is 10.1. The van der Waals surface area contributed by atoms with Crippen molar-refractivity contribution in [2.24, 2.45) is 0 Å². The molecule has 3 heterocycles. The molecule has 1 saturated heterocycles. The van der Waals surface area contributed by atoms with Crippen molar-refractivity contribution in [1.29, 1.82) is 0 Å². The second-order valence-electron chi connectivity index (χ2n) is 7.86. The van der Waals surface area contributed by atoms with Crippen LogP contribution in [0.15, 0.2) is 60.0 Å². The molecule has 0 atom stereocenters. The van der Waals surface area contributed by atoms with Crippen molar-refractivity contribution in [3.8, 4) is 11.3 Å². The van der Waals surface area contributed by atoms with E-state index in [9.17, 15) is 13.2 Å². The molecule has 1 aliphatic heterocycles. The number of fused-ring (bicyclic) bond motifs is 1. The van der Waals surface area contributed by atoms with Crippen molar-refractivity contribution < 1.29 is 13.2 Å². The molecule has 168 valence electrons. The molecule has 0 bridgehead atoms. The van der Waals surface area contributed by atoms with Gasteiger partial charge in [0.05, 0.1) is 17.1 Å². The van der Waals surface area contributed by atoms with Gasteiger partial charge >= 0.3 is 0 Å². The molecule has 0 aliphatic carbocycles. The maximum Gasteiger partial charge on any atom is 0.250 e. The molecule has 0 spiro atoms. The number of para-hydroxylation sites is 1. The maximum atomic E-state index is 12.4. The van der Waals surface area contributed by atoms with Gasteiger partial charge in [-0.15, -0.1) is 11.3 Å². The lowest BCUT2D eigenvalue weighted by Crippen LogP contribution is -2.24. The van der Waals surface area contributed by atoms with Crippen molar-refractivity contribution in [3.63, 3.8) is 0 Å². The molecule has 2 N–H and O–H groups in total. The van der Waals surface area contributed by atoms with E-state index in [1.54, 1.807) is 30.3 Å². The Bertz CT molecular complexity index is 1470. The normalized spacial score (nSPS) is 15.5. The second kappa shape index (κ2) is 8.49. The summed E-state index contributed by atoms with van der Waals surface area (Å²) in [5.74, 6) is -0.0922. The third-order valence-electron chi connectivity index (χ3n) is 5.59. The summed E-state index contributed by atoms with van der Waals surface area (Å²) in [6, 6.07) is 15.2. The molecule has 0 radical (unpaired) electrons. The van der Waals surface area contributed by atoms with Crippen molar-refractivity contribution in [1.82, 2.24) is 9.97 Å². The first-order valence-corrected chi connectivity index (χ1v) is 13.0. The summed E-state index contributed by atoms with van der Waals surface area (Å²) >= 11 is 1.38. The summed E-state index contributed by atoms with van der Waals surface area (Å²) in [7, 11) is -3.20. The van der Waals surface area contributed by atoms with Crippen LogP contribution in [0.25, 0.3) is 28.2 Å². The molecule has 7 nitrogen and oxygen atoms in total. The number of amides is 1. The molecular formula is C24H22N4O3S2. The molecule has 1 fully saturated rings. The number of hydrogen-bond donors (Lipinski definition) is 2. The van der Waals surface area contributed by atoms with Crippen LogP contribution in [0.4, 0.5) is 10.8 Å². The zero-order valence-corrected chi connectivity index (χ0v) is 19.5. The molecule has 0 unspecified atom stereocenters. The minimum absolute atomic E-state index is 0.188. The average molecular weight is 479 g/mol. The highest BCUT2D eigenvalue weighted by Crippen LogP contribution is 2.33. The van der Waals surface area contributed by atoms with Crippen LogP contribution in [0.3, 0.4) is 0 Å². The third kappa shape index (κ3) is 4.29. The predicted octanol–water partition coefficient (Wildman–Crippen LogP) is 4.79. The SMILES string of the molecule is Cc1[nH]c2ccccc2c1-c1csc(NC(=O)/C=C/c2ccc(N3CCCS3(=O)=O)cc2)n1. The Morgan fingerprint density at radius 1 is 1.18 bits per heavy atom. The Labute approximate surface area is 195 Å². The molecule has 2 aromatic heterocycles. The Morgan fingerprint density at radius 2 is 1.97 bits per heavy atom. The number of anilines is 2. The third-order valence-corrected chi connectivity index (χ3v) is 8.22. The van der Waals surface area contributed by atoms with Crippen LogP contribution >= 0.6 is 11.3 Å². The minimum atomic E-state index is -3.20. The van der Waals surface area contributed by atoms with E-state index in [4.69, 9.17) is 0 Å². The summed E-state index contributed by atoms with van der Waals surface area (Å²) in [5, 5.41) is 6.38. The summed E-state index contributed by atoms with van der Waals surface area (Å²) in [4.78, 5) is 20.4. The number of hydrogen-bond acceptors (Lipinski definition) is 5. The highest BCUT2D eigenvalue weighted by molar-refractivity contribution is 7.93. The highest BCUT2D eigenvalue weighted by atomic mass is 32.2. The van der Waals surface area contributed by atoms with Crippen LogP contribution in [-0.4, -0.2) is 36.6 Å². The van der Waals surface area contributed by atoms with Crippen LogP contribution in [0.5, 0.6) is 0 Å². The molecule has 4 aromatic rings. The van der Waals surface area contributed by atoms with Crippen LogP contribution in [0, 0.1) is 6.92 Å². The number of sulfonamides is 1. The first kappa shape index (κ1) is 21.4. The van der Waals surface area contributed by atoms with E-state index < -0.39 is 10.0 Å². The predicted molar refractivity (Wildman–Crippen MR) is 134 cm³/mol. The number of rotatable bonds is 5. The number of aryl methyl sites for hydroxylation is 1.